The average molecular weight is 491 g/mol. The molecule has 0 spiro atoms. The highest BCUT2D eigenvalue weighted by Crippen LogP contribution is 2.28. The predicted molar refractivity (Wildman–Crippen MR) is 137 cm³/mol. The van der Waals surface area contributed by atoms with Crippen LogP contribution in [0.2, 0.25) is 0 Å². The lowest BCUT2D eigenvalue weighted by Gasteiger charge is -2.10. The molecule has 0 saturated heterocycles. The van der Waals surface area contributed by atoms with Crippen molar-refractivity contribution >= 4 is 18.1 Å². The molecule has 0 atom stereocenters. The van der Waals surface area contributed by atoms with Crippen molar-refractivity contribution in [2.45, 2.75) is 26.7 Å². The number of rotatable bonds is 11. The molecule has 8 heteroatoms. The first-order valence-electron chi connectivity index (χ1n) is 11.6. The molecule has 36 heavy (non-hydrogen) atoms. The Morgan fingerprint density at radius 1 is 0.917 bits per heavy atom. The van der Waals surface area contributed by atoms with Gasteiger partial charge in [0.1, 0.15) is 11.5 Å². The van der Waals surface area contributed by atoms with Gasteiger partial charge in [-0.05, 0) is 78.6 Å². The fraction of sp³-hybridized carbons (Fsp3) is 0.250. The van der Waals surface area contributed by atoms with E-state index in [2.05, 4.69) is 24.4 Å². The number of amides is 1. The van der Waals surface area contributed by atoms with Gasteiger partial charge in [0.25, 0.3) is 5.91 Å². The van der Waals surface area contributed by atoms with E-state index in [1.165, 1.54) is 18.9 Å². The molecule has 8 nitrogen and oxygen atoms in total. The normalized spacial score (nSPS) is 10.8. The topological polar surface area (TPSA) is 95.5 Å². The highest BCUT2D eigenvalue weighted by atomic mass is 16.6. The molecule has 0 aliphatic rings. The first kappa shape index (κ1) is 26.3. The van der Waals surface area contributed by atoms with E-state index in [9.17, 15) is 9.59 Å². The molecule has 188 valence electrons. The number of hydrazone groups is 1. The van der Waals surface area contributed by atoms with Crippen molar-refractivity contribution in [1.82, 2.24) is 5.43 Å². The summed E-state index contributed by atoms with van der Waals surface area (Å²) < 4.78 is 21.7. The lowest BCUT2D eigenvalue weighted by molar-refractivity contribution is -0.123. The van der Waals surface area contributed by atoms with E-state index in [0.717, 1.165) is 0 Å². The third-order valence-corrected chi connectivity index (χ3v) is 5.11. The van der Waals surface area contributed by atoms with Gasteiger partial charge < -0.3 is 18.9 Å². The van der Waals surface area contributed by atoms with Gasteiger partial charge in [0, 0.05) is 0 Å². The fourth-order valence-corrected chi connectivity index (χ4v) is 3.17. The minimum atomic E-state index is -0.524. The van der Waals surface area contributed by atoms with Gasteiger partial charge in [-0.15, -0.1) is 0 Å². The van der Waals surface area contributed by atoms with E-state index in [-0.39, 0.29) is 12.4 Å². The fourth-order valence-electron chi connectivity index (χ4n) is 3.17. The first-order valence-corrected chi connectivity index (χ1v) is 11.6. The Bertz CT molecular complexity index is 1190. The van der Waals surface area contributed by atoms with Gasteiger partial charge in [-0.2, -0.15) is 5.10 Å². The zero-order chi connectivity index (χ0) is 25.9. The number of esters is 1. The van der Waals surface area contributed by atoms with Crippen molar-refractivity contribution in [2.75, 3.05) is 20.3 Å². The van der Waals surface area contributed by atoms with Crippen molar-refractivity contribution in [1.29, 1.82) is 0 Å². The summed E-state index contributed by atoms with van der Waals surface area (Å²) in [5.41, 5.74) is 4.64. The van der Waals surface area contributed by atoms with Crippen LogP contribution in [0.3, 0.4) is 0 Å². The minimum absolute atomic E-state index is 0.165. The number of hydrogen-bond acceptors (Lipinski definition) is 7. The number of nitrogens with zero attached hydrogens (tertiary/aromatic N) is 1. The molecule has 3 rings (SSSR count). The van der Waals surface area contributed by atoms with Crippen LogP contribution in [0.5, 0.6) is 23.0 Å². The molecule has 0 aliphatic carbocycles. The highest BCUT2D eigenvalue weighted by molar-refractivity contribution is 5.92. The number of nitrogens with one attached hydrogen (secondary N) is 1. The Morgan fingerprint density at radius 3 is 2.22 bits per heavy atom. The monoisotopic (exact) mass is 490 g/mol. The van der Waals surface area contributed by atoms with E-state index in [1.807, 2.05) is 31.2 Å². The van der Waals surface area contributed by atoms with Gasteiger partial charge in [-0.1, -0.05) is 26.0 Å². The molecule has 0 aromatic heterocycles. The van der Waals surface area contributed by atoms with Crippen molar-refractivity contribution in [2.24, 2.45) is 5.10 Å². The standard InChI is InChI=1S/C28H30N2O6/c1-5-34-23-13-9-22(10-14-23)28(32)36-25-15-6-20(16-26(25)33-4)17-29-30-27(31)18-35-24-11-7-21(8-12-24)19(2)3/h6-17,19H,5,18H2,1-4H3,(H,30,31)/b29-17+. The SMILES string of the molecule is CCOc1ccc(C(=O)Oc2ccc(/C=N/NC(=O)COc3ccc(C(C)C)cc3)cc2OC)cc1. The van der Waals surface area contributed by atoms with E-state index in [4.69, 9.17) is 18.9 Å². The molecule has 1 amide bonds. The molecule has 0 radical (unpaired) electrons. The second kappa shape index (κ2) is 12.9. The summed E-state index contributed by atoms with van der Waals surface area (Å²) in [6, 6.07) is 19.2. The van der Waals surface area contributed by atoms with E-state index in [1.54, 1.807) is 42.5 Å². The first-order chi connectivity index (χ1) is 17.4. The Hall–Kier alpha value is -4.33. The number of methoxy groups -OCH3 is 1. The second-order valence-corrected chi connectivity index (χ2v) is 8.06. The van der Waals surface area contributed by atoms with Crippen LogP contribution in [0.1, 0.15) is 48.2 Å². The molecule has 3 aromatic carbocycles. The Morgan fingerprint density at radius 2 is 1.58 bits per heavy atom. The average Bonchev–Trinajstić information content (AvgIpc) is 2.89. The zero-order valence-electron chi connectivity index (χ0n) is 20.8. The van der Waals surface area contributed by atoms with Gasteiger partial charge >= 0.3 is 5.97 Å². The van der Waals surface area contributed by atoms with Crippen LogP contribution < -0.4 is 24.4 Å². The van der Waals surface area contributed by atoms with Crippen LogP contribution >= 0.6 is 0 Å². The number of hydrogen-bond donors (Lipinski definition) is 1. The Balaban J connectivity index is 1.53. The summed E-state index contributed by atoms with van der Waals surface area (Å²) >= 11 is 0. The van der Waals surface area contributed by atoms with Gasteiger partial charge in [0.15, 0.2) is 18.1 Å². The number of benzene rings is 3. The van der Waals surface area contributed by atoms with Gasteiger partial charge in [0.05, 0.1) is 25.5 Å². The predicted octanol–water partition coefficient (Wildman–Crippen LogP) is 4.97. The van der Waals surface area contributed by atoms with Crippen LogP contribution in [0.15, 0.2) is 71.8 Å². The molecule has 0 saturated carbocycles. The summed E-state index contributed by atoms with van der Waals surface area (Å²) in [5.74, 6) is 1.39. The van der Waals surface area contributed by atoms with Crippen LogP contribution in [0.4, 0.5) is 0 Å². The van der Waals surface area contributed by atoms with Crippen LogP contribution in [0, 0.1) is 0 Å². The maximum Gasteiger partial charge on any atom is 0.343 e. The molecule has 0 aliphatic heterocycles. The summed E-state index contributed by atoms with van der Waals surface area (Å²) in [4.78, 5) is 24.5. The lowest BCUT2D eigenvalue weighted by atomic mass is 10.0. The summed E-state index contributed by atoms with van der Waals surface area (Å²) in [7, 11) is 1.47. The smallest absolute Gasteiger partial charge is 0.343 e. The zero-order valence-corrected chi connectivity index (χ0v) is 20.8. The second-order valence-electron chi connectivity index (χ2n) is 8.06. The van der Waals surface area contributed by atoms with E-state index in [0.29, 0.717) is 40.9 Å². The molecule has 0 fully saturated rings. The van der Waals surface area contributed by atoms with Gasteiger partial charge in [0.2, 0.25) is 0 Å². The summed E-state index contributed by atoms with van der Waals surface area (Å²) in [6.45, 7) is 6.49. The van der Waals surface area contributed by atoms with Crippen LogP contribution in [-0.4, -0.2) is 38.4 Å². The van der Waals surface area contributed by atoms with Crippen LogP contribution in [-0.2, 0) is 4.79 Å². The maximum atomic E-state index is 12.5. The highest BCUT2D eigenvalue weighted by Gasteiger charge is 2.13. The summed E-state index contributed by atoms with van der Waals surface area (Å²) in [6.07, 6.45) is 1.45. The van der Waals surface area contributed by atoms with Gasteiger partial charge in [-0.25, -0.2) is 10.2 Å². The maximum absolute atomic E-state index is 12.5. The van der Waals surface area contributed by atoms with Crippen molar-refractivity contribution in [3.8, 4) is 23.0 Å². The van der Waals surface area contributed by atoms with E-state index < -0.39 is 11.9 Å². The molecular weight excluding hydrogens is 460 g/mol. The quantitative estimate of drug-likeness (QED) is 0.177. The molecule has 1 N–H and O–H groups in total. The Labute approximate surface area is 210 Å². The molecule has 3 aromatic rings. The van der Waals surface area contributed by atoms with Crippen molar-refractivity contribution in [3.63, 3.8) is 0 Å². The Kier molecular flexibility index (Phi) is 9.45. The molecular formula is C28H30N2O6. The number of carbonyl (C=O) groups is 2. The largest absolute Gasteiger partial charge is 0.494 e. The third kappa shape index (κ3) is 7.59. The minimum Gasteiger partial charge on any atom is -0.494 e. The molecule has 0 heterocycles. The summed E-state index contributed by atoms with van der Waals surface area (Å²) in [5, 5.41) is 3.95. The number of carbonyl (C=O) groups excluding carboxylic acids is 2. The van der Waals surface area contributed by atoms with E-state index >= 15 is 0 Å². The lowest BCUT2D eigenvalue weighted by Crippen LogP contribution is -2.24. The van der Waals surface area contributed by atoms with Crippen molar-refractivity contribution < 1.29 is 28.5 Å². The molecule has 0 unspecified atom stereocenters. The van der Waals surface area contributed by atoms with Crippen molar-refractivity contribution in [3.05, 3.63) is 83.4 Å². The van der Waals surface area contributed by atoms with Gasteiger partial charge in [-0.3, -0.25) is 4.79 Å². The molecule has 0 bridgehead atoms. The third-order valence-electron chi connectivity index (χ3n) is 5.11. The van der Waals surface area contributed by atoms with Crippen LogP contribution in [0.25, 0.3) is 0 Å². The number of ether oxygens (including phenoxy) is 4.